The molecule has 0 aliphatic carbocycles. The molecule has 0 unspecified atom stereocenters. The molecule has 20 rings (SSSR count). The van der Waals surface area contributed by atoms with Gasteiger partial charge in [-0.25, -0.2) is 33.7 Å². The van der Waals surface area contributed by atoms with Crippen molar-refractivity contribution in [1.82, 2.24) is 94.7 Å². The number of nitrogens with two attached hydrogens (primary N) is 5. The van der Waals surface area contributed by atoms with Gasteiger partial charge in [-0.15, -0.1) is 0 Å². The molecule has 0 spiro atoms. The summed E-state index contributed by atoms with van der Waals surface area (Å²) < 4.78 is 29.0. The van der Waals surface area contributed by atoms with E-state index in [1.165, 1.54) is 47.4 Å². The first-order valence-corrected chi connectivity index (χ1v) is 46.7. The summed E-state index contributed by atoms with van der Waals surface area (Å²) in [6, 6.07) is 82.5. The van der Waals surface area contributed by atoms with Gasteiger partial charge in [-0.05, 0) is 206 Å². The number of nitrogens with zero attached hydrogens (tertiary/aromatic N) is 19. The molecule has 20 aromatic rings. The minimum atomic E-state index is -0.332. The summed E-state index contributed by atoms with van der Waals surface area (Å²) in [7, 11) is 0. The van der Waals surface area contributed by atoms with Crippen LogP contribution in [0.15, 0.2) is 427 Å². The molecule has 0 aliphatic rings. The minimum Gasteiger partial charge on any atom is -0.368 e. The zero-order valence-electron chi connectivity index (χ0n) is 72.7. The lowest BCUT2D eigenvalue weighted by atomic mass is 10.1. The summed E-state index contributed by atoms with van der Waals surface area (Å²) in [6.45, 7) is 0. The third-order valence-electron chi connectivity index (χ3n) is 19.0. The molecular weight excluding hydrogens is 1890 g/mol. The lowest BCUT2D eigenvalue weighted by molar-refractivity contribution is 0.602. The predicted octanol–water partition coefficient (Wildman–Crippen LogP) is 24.2. The van der Waals surface area contributed by atoms with Crippen molar-refractivity contribution in [3.63, 3.8) is 0 Å². The predicted molar refractivity (Wildman–Crippen MR) is 551 cm³/mol. The highest BCUT2D eigenvalue weighted by Crippen LogP contribution is 2.43. The van der Waals surface area contributed by atoms with Crippen molar-refractivity contribution >= 4 is 169 Å². The number of hydrogen-bond donors (Lipinski definition) is 10. The van der Waals surface area contributed by atoms with Crippen molar-refractivity contribution in [2.24, 2.45) is 0 Å². The second-order valence-corrected chi connectivity index (χ2v) is 35.4. The molecule has 14 aromatic heterocycles. The molecule has 0 bridgehead atoms. The van der Waals surface area contributed by atoms with Crippen LogP contribution < -0.4 is 55.3 Å². The van der Waals surface area contributed by atoms with Gasteiger partial charge in [0.15, 0.2) is 0 Å². The van der Waals surface area contributed by atoms with E-state index >= 15 is 0 Å². The number of halogens is 4. The van der Waals surface area contributed by atoms with Crippen LogP contribution in [0.3, 0.4) is 0 Å². The monoisotopic (exact) mass is 1960 g/mol. The Bertz CT molecular complexity index is 7060. The molecule has 38 heteroatoms. The van der Waals surface area contributed by atoms with Crippen LogP contribution in [0.25, 0.3) is 56.3 Å². The second kappa shape index (κ2) is 47.9. The van der Waals surface area contributed by atoms with E-state index in [1.807, 2.05) is 176 Å². The van der Waals surface area contributed by atoms with Crippen molar-refractivity contribution in [1.29, 1.82) is 0 Å². The van der Waals surface area contributed by atoms with Crippen LogP contribution in [0.5, 0.6) is 0 Å². The zero-order chi connectivity index (χ0) is 95.9. The number of rotatable bonds is 25. The Kier molecular flexibility index (Phi) is 32.9. The Hall–Kier alpha value is -16.7. The number of aromatic nitrogens is 19. The van der Waals surface area contributed by atoms with Crippen LogP contribution in [0, 0.1) is 11.6 Å². The Morgan fingerprint density at radius 2 is 0.475 bits per heavy atom. The lowest BCUT2D eigenvalue weighted by Crippen LogP contribution is -2.02. The first kappa shape index (κ1) is 95.4. The lowest BCUT2D eigenvalue weighted by Gasteiger charge is -2.12. The Balaban J connectivity index is 0.000000125. The first-order chi connectivity index (χ1) is 67.9. The molecule has 0 radical (unpaired) electrons. The Morgan fingerprint density at radius 3 is 0.784 bits per heavy atom. The molecule has 139 heavy (non-hydrogen) atoms. The molecule has 0 aliphatic heterocycles. The molecule has 684 valence electrons. The average Bonchev–Trinajstić information content (AvgIpc) is 0.821. The van der Waals surface area contributed by atoms with Gasteiger partial charge < -0.3 is 55.3 Å². The van der Waals surface area contributed by atoms with E-state index in [9.17, 15) is 8.78 Å². The van der Waals surface area contributed by atoms with Gasteiger partial charge in [0.25, 0.3) is 0 Å². The minimum absolute atomic E-state index is 0.120. The van der Waals surface area contributed by atoms with E-state index in [0.717, 1.165) is 89.7 Å². The number of anilines is 15. The van der Waals surface area contributed by atoms with E-state index < -0.39 is 0 Å². The normalized spacial score (nSPS) is 10.6. The molecule has 0 fully saturated rings. The smallest absolute Gasteiger partial charge is 0.222 e. The Morgan fingerprint density at radius 1 is 0.216 bits per heavy atom. The van der Waals surface area contributed by atoms with Crippen LogP contribution in [-0.2, 0) is 0 Å². The molecule has 29 nitrogen and oxygen atoms in total. The highest BCUT2D eigenvalue weighted by atomic mass is 35.5. The van der Waals surface area contributed by atoms with Crippen molar-refractivity contribution in [2.75, 3.05) is 55.3 Å². The van der Waals surface area contributed by atoms with Gasteiger partial charge in [0.05, 0.1) is 38.5 Å². The summed E-state index contributed by atoms with van der Waals surface area (Å²) in [5.41, 5.74) is 40.8. The average molecular weight is 1970 g/mol. The van der Waals surface area contributed by atoms with E-state index in [-0.39, 0.29) is 41.4 Å². The van der Waals surface area contributed by atoms with Crippen LogP contribution in [0.2, 0.25) is 10.0 Å². The van der Waals surface area contributed by atoms with Crippen LogP contribution in [0.1, 0.15) is 0 Å². The zero-order valence-corrected chi connectivity index (χ0v) is 78.3. The van der Waals surface area contributed by atoms with Gasteiger partial charge in [-0.1, -0.05) is 112 Å². The van der Waals surface area contributed by atoms with Crippen LogP contribution in [0.4, 0.5) is 96.0 Å². The van der Waals surface area contributed by atoms with Gasteiger partial charge in [0.1, 0.15) is 40.7 Å². The third kappa shape index (κ3) is 28.7. The number of hydrogen-bond acceptors (Lipinski definition) is 34. The molecule has 0 amide bonds. The molecule has 0 saturated carbocycles. The van der Waals surface area contributed by atoms with Crippen LogP contribution in [-0.4, -0.2) is 94.7 Å². The van der Waals surface area contributed by atoms with E-state index in [2.05, 4.69) is 146 Å². The summed E-state index contributed by atoms with van der Waals surface area (Å²) in [5.74, 6) is 2.97. The third-order valence-corrected chi connectivity index (χ3v) is 25.1. The van der Waals surface area contributed by atoms with Gasteiger partial charge in [-0.3, -0.25) is 44.9 Å². The summed E-state index contributed by atoms with van der Waals surface area (Å²) in [4.78, 5) is 88.1. The number of benzene rings is 6. The van der Waals surface area contributed by atoms with E-state index in [4.69, 9.17) is 51.9 Å². The molecule has 15 N–H and O–H groups in total. The summed E-state index contributed by atoms with van der Waals surface area (Å²) >= 11 is 20.5. The van der Waals surface area contributed by atoms with Gasteiger partial charge in [0, 0.05) is 247 Å². The van der Waals surface area contributed by atoms with Crippen molar-refractivity contribution in [3.05, 3.63) is 400 Å². The number of nitrogen functional groups attached to an aromatic ring is 5. The van der Waals surface area contributed by atoms with Gasteiger partial charge >= 0.3 is 0 Å². The second-order valence-electron chi connectivity index (χ2n) is 29.0. The number of pyridine rings is 9. The van der Waals surface area contributed by atoms with Crippen molar-refractivity contribution in [3.8, 4) is 56.3 Å². The van der Waals surface area contributed by atoms with Crippen molar-refractivity contribution < 1.29 is 8.78 Å². The molecule has 0 saturated heterocycles. The van der Waals surface area contributed by atoms with Gasteiger partial charge in [-0.2, -0.15) is 24.9 Å². The molecule has 0 atom stereocenters. The topological polar surface area (TPSA) is 435 Å². The quantitative estimate of drug-likeness (QED) is 0.0254. The fourth-order valence-electron chi connectivity index (χ4n) is 12.7. The maximum atomic E-state index is 14.5. The SMILES string of the molecule is Nc1nc(Nc2cc(Cl)c(Sc3ccncc3)c(Cl)c2)cc(-c2cccnc2)n1.Nc1nc(Nc2ccc(Sc3ccncc3)c(F)c2)cc(-c2ccccc2)n1.Nc1nc(Nc2ccc(Sc3ccncc3)c(F)c2)cc(-c2cccnc2)n1.Nc1nc(Nc2ccc(Sc3ccncc3)cc2)cc(-c2cccnc2)n1.Nc1nc(Nc2ccc(Sc3ccncc3)cc2)cc(-c2ccncc2)n1. The molecule has 6 aromatic carbocycles. The van der Waals surface area contributed by atoms with Crippen LogP contribution >= 0.6 is 82.0 Å². The van der Waals surface area contributed by atoms with E-state index in [0.29, 0.717) is 83.1 Å². The highest BCUT2D eigenvalue weighted by molar-refractivity contribution is 8.00. The molecular formula is C101H77Cl2F2N29S5. The Labute approximate surface area is 827 Å². The summed E-state index contributed by atoms with van der Waals surface area (Å²) in [6.07, 6.45) is 31.0. The maximum Gasteiger partial charge on any atom is 0.222 e. The first-order valence-electron chi connectivity index (χ1n) is 41.9. The van der Waals surface area contributed by atoms with Gasteiger partial charge in [0.2, 0.25) is 29.7 Å². The standard InChI is InChI=1S/C21H16FN5S.C20H14Cl2N6S.C20H15FN6S.2C20H16N6S/c22-17-12-15(6-7-19(17)28-16-8-10-24-11-9-16)25-20-13-18(26-21(23)27-20)14-4-2-1-3-5-14;21-15-8-13(9-16(22)19(15)29-14-3-6-24-7-4-14)26-18-10-17(27-20(23)28-18)12-2-1-5-25-11-12;21-16-10-14(3-4-18(16)28-15-5-8-23-9-6-15)25-19-11-17(26-20(22)27-19)13-2-1-7-24-12-13;21-20-25-18(14-5-9-22-10-6-14)13-19(26-20)24-15-1-3-16(4-2-15)27-17-7-11-23-12-8-17;21-20-25-18(14-2-1-9-23-13-14)12-19(26-20)24-15-3-5-16(6-4-15)27-17-7-10-22-11-8-17/h1-13H,(H3,23,25,26,27);1-11H,(H3,23,26,27,28);1-12H,(H3,22,25,26,27);2*1-13H,(H3,21,24,25,26). The molecule has 14 heterocycles. The fraction of sp³-hybridized carbons (Fsp3) is 0. The maximum absolute atomic E-state index is 14.5. The highest BCUT2D eigenvalue weighted by Gasteiger charge is 2.18. The van der Waals surface area contributed by atoms with Crippen molar-refractivity contribution in [2.45, 2.75) is 49.0 Å². The fourth-order valence-corrected chi connectivity index (χ4v) is 17.5. The van der Waals surface area contributed by atoms with E-state index in [1.54, 1.807) is 190 Å². The summed E-state index contributed by atoms with van der Waals surface area (Å²) in [5, 5.41) is 17.0. The largest absolute Gasteiger partial charge is 0.368 e. The number of nitrogens with one attached hydrogen (secondary N) is 5.